The van der Waals surface area contributed by atoms with Crippen molar-refractivity contribution in [1.29, 1.82) is 0 Å². The van der Waals surface area contributed by atoms with Crippen LogP contribution < -0.4 is 5.32 Å². The monoisotopic (exact) mass is 406 g/mol. The highest BCUT2D eigenvalue weighted by Crippen LogP contribution is 2.38. The Balaban J connectivity index is 1.67. The third kappa shape index (κ3) is 3.99. The molecule has 0 aliphatic carbocycles. The Kier molecular flexibility index (Phi) is 5.64. The Labute approximate surface area is 163 Å². The van der Waals surface area contributed by atoms with Crippen LogP contribution in [0.3, 0.4) is 0 Å². The molecule has 1 aliphatic heterocycles. The molecule has 1 fully saturated rings. The summed E-state index contributed by atoms with van der Waals surface area (Å²) in [5.74, 6) is -0.721. The van der Waals surface area contributed by atoms with Crippen molar-refractivity contribution in [2.75, 3.05) is 18.4 Å². The zero-order valence-electron chi connectivity index (χ0n) is 15.8. The van der Waals surface area contributed by atoms with Gasteiger partial charge >= 0.3 is 6.03 Å². The van der Waals surface area contributed by atoms with Crippen molar-refractivity contribution in [3.63, 3.8) is 0 Å². The van der Waals surface area contributed by atoms with E-state index in [9.17, 15) is 17.6 Å². The third-order valence-corrected chi connectivity index (χ3v) is 7.99. The van der Waals surface area contributed by atoms with Crippen LogP contribution in [0.25, 0.3) is 0 Å². The minimum atomic E-state index is -3.72. The van der Waals surface area contributed by atoms with Gasteiger partial charge in [-0.15, -0.1) is 0 Å². The van der Waals surface area contributed by atoms with Crippen molar-refractivity contribution in [3.05, 3.63) is 48.5 Å². The van der Waals surface area contributed by atoms with Crippen molar-refractivity contribution >= 4 is 21.6 Å². The lowest BCUT2D eigenvalue weighted by Gasteiger charge is -2.40. The van der Waals surface area contributed by atoms with Crippen LogP contribution in [-0.2, 0) is 9.84 Å². The lowest BCUT2D eigenvalue weighted by atomic mass is 9.86. The van der Waals surface area contributed by atoms with Crippen LogP contribution in [0.5, 0.6) is 0 Å². The van der Waals surface area contributed by atoms with Crippen LogP contribution in [0.1, 0.15) is 26.7 Å². The topological polar surface area (TPSA) is 92.3 Å². The van der Waals surface area contributed by atoms with E-state index in [0.29, 0.717) is 31.6 Å². The first-order valence-electron chi connectivity index (χ1n) is 9.04. The molecule has 0 bridgehead atoms. The number of amides is 2. The number of hydrogen-bond acceptors (Lipinski definition) is 5. The number of carbonyl (C=O) groups is 1. The SMILES string of the molecule is CC(C)(C1CCN(C(=O)Nc2ccnnc2)CC1)S(=O)(=O)c1cccc(F)c1. The number of anilines is 1. The fraction of sp³-hybridized carbons (Fsp3) is 0.421. The molecule has 0 unspecified atom stereocenters. The van der Waals surface area contributed by atoms with E-state index in [4.69, 9.17) is 0 Å². The van der Waals surface area contributed by atoms with Crippen LogP contribution >= 0.6 is 0 Å². The van der Waals surface area contributed by atoms with Crippen LogP contribution in [-0.4, -0.2) is 47.4 Å². The second-order valence-corrected chi connectivity index (χ2v) is 9.92. The van der Waals surface area contributed by atoms with Crippen molar-refractivity contribution in [3.8, 4) is 0 Å². The molecule has 1 saturated heterocycles. The summed E-state index contributed by atoms with van der Waals surface area (Å²) < 4.78 is 38.6. The predicted molar refractivity (Wildman–Crippen MR) is 103 cm³/mol. The van der Waals surface area contributed by atoms with E-state index >= 15 is 0 Å². The predicted octanol–water partition coefficient (Wildman–Crippen LogP) is 3.11. The Hall–Kier alpha value is -2.55. The minimum Gasteiger partial charge on any atom is -0.325 e. The molecular weight excluding hydrogens is 383 g/mol. The van der Waals surface area contributed by atoms with Gasteiger partial charge in [-0.1, -0.05) is 6.07 Å². The van der Waals surface area contributed by atoms with Gasteiger partial charge in [0.15, 0.2) is 9.84 Å². The summed E-state index contributed by atoms with van der Waals surface area (Å²) in [6.07, 6.45) is 4.04. The molecule has 0 atom stereocenters. The first kappa shape index (κ1) is 20.2. The van der Waals surface area contributed by atoms with E-state index in [1.807, 2.05) is 0 Å². The average molecular weight is 406 g/mol. The number of rotatable bonds is 4. The number of halogens is 1. The first-order valence-corrected chi connectivity index (χ1v) is 10.5. The number of carbonyl (C=O) groups excluding carboxylic acids is 1. The largest absolute Gasteiger partial charge is 0.325 e. The highest BCUT2D eigenvalue weighted by atomic mass is 32.2. The summed E-state index contributed by atoms with van der Waals surface area (Å²) in [6.45, 7) is 4.24. The Bertz CT molecular complexity index is 943. The van der Waals surface area contributed by atoms with Crippen LogP contribution in [0.4, 0.5) is 14.9 Å². The molecule has 0 radical (unpaired) electrons. The quantitative estimate of drug-likeness (QED) is 0.842. The molecule has 1 aliphatic rings. The molecule has 2 amide bonds. The fourth-order valence-corrected chi connectivity index (χ4v) is 5.31. The van der Waals surface area contributed by atoms with Gasteiger partial charge in [0.25, 0.3) is 0 Å². The Morgan fingerprint density at radius 3 is 2.54 bits per heavy atom. The lowest BCUT2D eigenvalue weighted by molar-refractivity contribution is 0.171. The molecule has 9 heteroatoms. The molecule has 7 nitrogen and oxygen atoms in total. The second-order valence-electron chi connectivity index (χ2n) is 7.39. The second kappa shape index (κ2) is 7.83. The maximum Gasteiger partial charge on any atom is 0.321 e. The van der Waals surface area contributed by atoms with Crippen LogP contribution in [0, 0.1) is 11.7 Å². The third-order valence-electron chi connectivity index (χ3n) is 5.40. The number of nitrogens with one attached hydrogen (secondary N) is 1. The van der Waals surface area contributed by atoms with E-state index < -0.39 is 20.4 Å². The van der Waals surface area contributed by atoms with E-state index in [0.717, 1.165) is 6.07 Å². The lowest BCUT2D eigenvalue weighted by Crippen LogP contribution is -2.48. The summed E-state index contributed by atoms with van der Waals surface area (Å²) in [7, 11) is -3.72. The number of nitrogens with zero attached hydrogens (tertiary/aromatic N) is 3. The zero-order valence-corrected chi connectivity index (χ0v) is 16.6. The molecule has 2 aromatic rings. The molecule has 0 saturated carbocycles. The summed E-state index contributed by atoms with van der Waals surface area (Å²) >= 11 is 0. The van der Waals surface area contributed by atoms with Gasteiger partial charge in [-0.25, -0.2) is 17.6 Å². The average Bonchev–Trinajstić information content (AvgIpc) is 2.68. The molecule has 1 N–H and O–H groups in total. The molecule has 3 rings (SSSR count). The smallest absolute Gasteiger partial charge is 0.321 e. The number of sulfone groups is 1. The highest BCUT2D eigenvalue weighted by molar-refractivity contribution is 7.92. The number of likely N-dealkylation sites (tertiary alicyclic amines) is 1. The normalized spacial score (nSPS) is 16.0. The van der Waals surface area contributed by atoms with Crippen molar-refractivity contribution < 1.29 is 17.6 Å². The van der Waals surface area contributed by atoms with Gasteiger partial charge in [0.05, 0.1) is 27.7 Å². The molecule has 28 heavy (non-hydrogen) atoms. The van der Waals surface area contributed by atoms with Crippen molar-refractivity contribution in [2.45, 2.75) is 36.3 Å². The van der Waals surface area contributed by atoms with Gasteiger partial charge in [0.2, 0.25) is 0 Å². The van der Waals surface area contributed by atoms with Crippen LogP contribution in [0.15, 0.2) is 47.6 Å². The van der Waals surface area contributed by atoms with Crippen molar-refractivity contribution in [2.24, 2.45) is 5.92 Å². The molecule has 1 aromatic carbocycles. The van der Waals surface area contributed by atoms with Gasteiger partial charge in [-0.3, -0.25) is 0 Å². The zero-order chi connectivity index (χ0) is 20.4. The van der Waals surface area contributed by atoms with Gasteiger partial charge in [0.1, 0.15) is 5.82 Å². The summed E-state index contributed by atoms with van der Waals surface area (Å²) in [4.78, 5) is 14.0. The van der Waals surface area contributed by atoms with Gasteiger partial charge < -0.3 is 10.2 Å². The number of hydrogen-bond donors (Lipinski definition) is 1. The Morgan fingerprint density at radius 2 is 1.93 bits per heavy atom. The molecule has 2 heterocycles. The van der Waals surface area contributed by atoms with E-state index in [1.54, 1.807) is 24.8 Å². The number of benzene rings is 1. The standard InChI is InChI=1S/C19H23FN4O3S/c1-19(2,28(26,27)17-5-3-4-15(20)12-17)14-7-10-24(11-8-14)18(25)23-16-6-9-21-22-13-16/h3-6,9,12-14H,7-8,10-11H2,1-2H3,(H,21,23,25). The molecule has 150 valence electrons. The van der Waals surface area contributed by atoms with E-state index in [-0.39, 0.29) is 16.8 Å². The van der Waals surface area contributed by atoms with Gasteiger partial charge in [0, 0.05) is 13.1 Å². The molecule has 1 aromatic heterocycles. The van der Waals surface area contributed by atoms with Gasteiger partial charge in [-0.05, 0) is 56.9 Å². The van der Waals surface area contributed by atoms with E-state index in [2.05, 4.69) is 15.5 Å². The fourth-order valence-electron chi connectivity index (χ4n) is 3.50. The van der Waals surface area contributed by atoms with Gasteiger partial charge in [-0.2, -0.15) is 10.2 Å². The van der Waals surface area contributed by atoms with Crippen molar-refractivity contribution in [1.82, 2.24) is 15.1 Å². The molecule has 0 spiro atoms. The van der Waals surface area contributed by atoms with Crippen LogP contribution in [0.2, 0.25) is 0 Å². The minimum absolute atomic E-state index is 0.0112. The number of piperidine rings is 1. The summed E-state index contributed by atoms with van der Waals surface area (Å²) in [5, 5.41) is 10.1. The molecular formula is C19H23FN4O3S. The summed E-state index contributed by atoms with van der Waals surface area (Å²) in [5.41, 5.74) is 0.552. The first-order chi connectivity index (χ1) is 13.2. The highest BCUT2D eigenvalue weighted by Gasteiger charge is 2.44. The Morgan fingerprint density at radius 1 is 1.21 bits per heavy atom. The maximum absolute atomic E-state index is 13.5. The number of aromatic nitrogens is 2. The summed E-state index contributed by atoms with van der Waals surface area (Å²) in [6, 6.07) is 6.50. The van der Waals surface area contributed by atoms with E-state index in [1.165, 1.54) is 30.6 Å². The maximum atomic E-state index is 13.5. The number of urea groups is 1.